The first-order chi connectivity index (χ1) is 22.3. The van der Waals surface area contributed by atoms with Crippen LogP contribution in [0.5, 0.6) is 11.5 Å². The lowest BCUT2D eigenvalue weighted by Crippen LogP contribution is -2.43. The van der Waals surface area contributed by atoms with Gasteiger partial charge in [0.2, 0.25) is 23.6 Å². The molecule has 2 aliphatic carbocycles. The molecular formula is C38H38N2O6. The van der Waals surface area contributed by atoms with E-state index in [2.05, 4.69) is 6.92 Å². The highest BCUT2D eigenvalue weighted by atomic mass is 16.5. The van der Waals surface area contributed by atoms with E-state index in [4.69, 9.17) is 4.74 Å². The third-order valence-electron chi connectivity index (χ3n) is 10.5. The average molecular weight is 619 g/mol. The Bertz CT molecular complexity index is 1760. The SMILES string of the molecule is CCOc1cc([C@H]2C3=CC[C@@H]4C(=O)N(c5ccc(CC)cc5)C(=O)[C@@H]4[C@@H]3C[C@H]3C(=O)N(c4ccc(CC)cc4)C(=O)[C@@H]23)ccc1O. The fourth-order valence-corrected chi connectivity index (χ4v) is 8.23. The lowest BCUT2D eigenvalue weighted by atomic mass is 9.57. The Morgan fingerprint density at radius 2 is 1.26 bits per heavy atom. The van der Waals surface area contributed by atoms with Crippen LogP contribution >= 0.6 is 0 Å². The zero-order chi connectivity index (χ0) is 32.3. The largest absolute Gasteiger partial charge is 0.504 e. The number of benzene rings is 3. The second-order valence-electron chi connectivity index (χ2n) is 12.7. The van der Waals surface area contributed by atoms with Gasteiger partial charge in [-0.05, 0) is 91.6 Å². The van der Waals surface area contributed by atoms with Crippen molar-refractivity contribution in [2.75, 3.05) is 16.4 Å². The number of imide groups is 2. The third kappa shape index (κ3) is 4.57. The number of phenolic OH excluding ortho intramolecular Hbond substituents is 1. The van der Waals surface area contributed by atoms with E-state index in [-0.39, 0.29) is 29.4 Å². The lowest BCUT2D eigenvalue weighted by molar-refractivity contribution is -0.126. The molecule has 1 saturated carbocycles. The van der Waals surface area contributed by atoms with Crippen LogP contribution in [0.25, 0.3) is 0 Å². The summed E-state index contributed by atoms with van der Waals surface area (Å²) in [6, 6.07) is 20.1. The van der Waals surface area contributed by atoms with Crippen molar-refractivity contribution < 1.29 is 29.0 Å². The molecule has 4 aliphatic rings. The Hall–Kier alpha value is -4.72. The molecule has 8 nitrogen and oxygen atoms in total. The molecule has 6 atom stereocenters. The molecule has 2 saturated heterocycles. The molecule has 8 heteroatoms. The molecular weight excluding hydrogens is 580 g/mol. The predicted octanol–water partition coefficient (Wildman–Crippen LogP) is 5.96. The van der Waals surface area contributed by atoms with Crippen LogP contribution in [0.3, 0.4) is 0 Å². The number of ether oxygens (including phenoxy) is 1. The Morgan fingerprint density at radius 3 is 1.83 bits per heavy atom. The molecule has 46 heavy (non-hydrogen) atoms. The first-order valence-electron chi connectivity index (χ1n) is 16.4. The van der Waals surface area contributed by atoms with Gasteiger partial charge in [0, 0.05) is 5.92 Å². The van der Waals surface area contributed by atoms with Gasteiger partial charge in [0.1, 0.15) is 0 Å². The molecule has 3 aromatic carbocycles. The summed E-state index contributed by atoms with van der Waals surface area (Å²) >= 11 is 0. The number of allylic oxidation sites excluding steroid dienone is 2. The highest BCUT2D eigenvalue weighted by molar-refractivity contribution is 6.24. The summed E-state index contributed by atoms with van der Waals surface area (Å²) in [5.41, 5.74) is 4.95. The van der Waals surface area contributed by atoms with Gasteiger partial charge in [-0.25, -0.2) is 0 Å². The zero-order valence-electron chi connectivity index (χ0n) is 26.3. The van der Waals surface area contributed by atoms with Gasteiger partial charge in [0.05, 0.1) is 41.7 Å². The van der Waals surface area contributed by atoms with Gasteiger partial charge in [-0.15, -0.1) is 0 Å². The van der Waals surface area contributed by atoms with Crippen LogP contribution in [0.1, 0.15) is 56.2 Å². The van der Waals surface area contributed by atoms with E-state index < -0.39 is 35.5 Å². The smallest absolute Gasteiger partial charge is 0.238 e. The van der Waals surface area contributed by atoms with Crippen molar-refractivity contribution in [3.63, 3.8) is 0 Å². The molecule has 0 aromatic heterocycles. The number of rotatable bonds is 7. The highest BCUT2D eigenvalue weighted by Crippen LogP contribution is 2.58. The molecule has 0 radical (unpaired) electrons. The summed E-state index contributed by atoms with van der Waals surface area (Å²) < 4.78 is 5.72. The maximum Gasteiger partial charge on any atom is 0.238 e. The minimum Gasteiger partial charge on any atom is -0.504 e. The quantitative estimate of drug-likeness (QED) is 0.259. The third-order valence-corrected chi connectivity index (χ3v) is 10.5. The predicted molar refractivity (Wildman–Crippen MR) is 173 cm³/mol. The second kappa shape index (κ2) is 11.6. The molecule has 0 spiro atoms. The summed E-state index contributed by atoms with van der Waals surface area (Å²) in [4.78, 5) is 59.3. The van der Waals surface area contributed by atoms with Crippen LogP contribution in [0.2, 0.25) is 0 Å². The summed E-state index contributed by atoms with van der Waals surface area (Å²) in [6.07, 6.45) is 4.40. The number of phenols is 1. The topological polar surface area (TPSA) is 104 Å². The van der Waals surface area contributed by atoms with Crippen LogP contribution in [0, 0.1) is 29.6 Å². The van der Waals surface area contributed by atoms with Gasteiger partial charge in [-0.3, -0.25) is 29.0 Å². The lowest BCUT2D eigenvalue weighted by Gasteiger charge is -2.44. The van der Waals surface area contributed by atoms with E-state index >= 15 is 0 Å². The van der Waals surface area contributed by atoms with Gasteiger partial charge >= 0.3 is 0 Å². The van der Waals surface area contributed by atoms with Crippen LogP contribution in [0.15, 0.2) is 78.4 Å². The molecule has 0 unspecified atom stereocenters. The molecule has 3 aromatic rings. The molecule has 7 rings (SSSR count). The fraction of sp³-hybridized carbons (Fsp3) is 0.368. The van der Waals surface area contributed by atoms with E-state index in [9.17, 15) is 24.3 Å². The molecule has 236 valence electrons. The van der Waals surface area contributed by atoms with Crippen molar-refractivity contribution in [2.45, 2.75) is 52.4 Å². The number of fused-ring (bicyclic) bond motifs is 4. The van der Waals surface area contributed by atoms with E-state index in [1.165, 1.54) is 9.80 Å². The van der Waals surface area contributed by atoms with Crippen LogP contribution in [0.4, 0.5) is 11.4 Å². The van der Waals surface area contributed by atoms with Crippen molar-refractivity contribution >= 4 is 35.0 Å². The molecule has 2 aliphatic heterocycles. The van der Waals surface area contributed by atoms with Crippen LogP contribution < -0.4 is 14.5 Å². The molecule has 1 N–H and O–H groups in total. The van der Waals surface area contributed by atoms with Crippen molar-refractivity contribution in [1.82, 2.24) is 0 Å². The minimum atomic E-state index is -0.693. The van der Waals surface area contributed by atoms with Crippen LogP contribution in [-0.2, 0) is 32.0 Å². The van der Waals surface area contributed by atoms with E-state index in [0.29, 0.717) is 36.6 Å². The number of anilines is 2. The Morgan fingerprint density at radius 1 is 0.696 bits per heavy atom. The molecule has 3 fully saturated rings. The van der Waals surface area contributed by atoms with E-state index in [1.807, 2.05) is 68.5 Å². The Kier molecular flexibility index (Phi) is 7.54. The van der Waals surface area contributed by atoms with E-state index in [1.54, 1.807) is 18.2 Å². The standard InChI is InChI=1S/C38H38N2O6/c1-4-21-7-12-24(13-8-21)39-35(42)27-17-16-26-28(33(27)37(39)44)20-29-34(32(26)23-11-18-30(41)31(19-23)46-6-3)38(45)40(36(29)43)25-14-9-22(5-2)10-15-25/h7-16,18-19,27-29,32-34,41H,4-6,17,20H2,1-3H3/t27-,28+,29+,32-,33-,34+/m0/s1. The van der Waals surface area contributed by atoms with Gasteiger partial charge in [0.25, 0.3) is 0 Å². The monoisotopic (exact) mass is 618 g/mol. The number of nitrogens with zero attached hydrogens (tertiary/aromatic N) is 2. The number of hydrogen-bond acceptors (Lipinski definition) is 6. The van der Waals surface area contributed by atoms with E-state index in [0.717, 1.165) is 35.1 Å². The number of aromatic hydroxyl groups is 1. The molecule has 4 amide bonds. The normalized spacial score (nSPS) is 27.0. The number of hydrogen-bond donors (Lipinski definition) is 1. The summed E-state index contributed by atoms with van der Waals surface area (Å²) in [5.74, 6) is -4.20. The van der Waals surface area contributed by atoms with Crippen molar-refractivity contribution in [3.8, 4) is 11.5 Å². The molecule has 2 heterocycles. The average Bonchev–Trinajstić information content (AvgIpc) is 3.48. The van der Waals surface area contributed by atoms with Gasteiger partial charge in [-0.1, -0.05) is 55.8 Å². The Balaban J connectivity index is 1.32. The van der Waals surface area contributed by atoms with Crippen molar-refractivity contribution in [2.24, 2.45) is 29.6 Å². The van der Waals surface area contributed by atoms with Gasteiger partial charge < -0.3 is 9.84 Å². The minimum absolute atomic E-state index is 0.0139. The first kappa shape index (κ1) is 30.0. The maximum atomic E-state index is 14.3. The van der Waals surface area contributed by atoms with Crippen molar-refractivity contribution in [3.05, 3.63) is 95.1 Å². The summed E-state index contributed by atoms with van der Waals surface area (Å²) in [5, 5.41) is 10.5. The fourth-order valence-electron chi connectivity index (χ4n) is 8.23. The number of carbonyl (C=O) groups is 4. The van der Waals surface area contributed by atoms with Crippen LogP contribution in [-0.4, -0.2) is 35.3 Å². The van der Waals surface area contributed by atoms with Crippen molar-refractivity contribution in [1.29, 1.82) is 0 Å². The highest BCUT2D eigenvalue weighted by Gasteiger charge is 2.62. The van der Waals surface area contributed by atoms with Gasteiger partial charge in [-0.2, -0.15) is 0 Å². The second-order valence-corrected chi connectivity index (χ2v) is 12.7. The maximum absolute atomic E-state index is 14.3. The summed E-state index contributed by atoms with van der Waals surface area (Å²) in [7, 11) is 0. The number of carbonyl (C=O) groups excluding carboxylic acids is 4. The number of amides is 4. The van der Waals surface area contributed by atoms with Gasteiger partial charge in [0.15, 0.2) is 11.5 Å². The zero-order valence-corrected chi connectivity index (χ0v) is 26.3. The first-order valence-corrected chi connectivity index (χ1v) is 16.4. The number of aryl methyl sites for hydroxylation is 2. The Labute approximate surface area is 268 Å². The molecule has 0 bridgehead atoms. The summed E-state index contributed by atoms with van der Waals surface area (Å²) in [6.45, 7) is 6.27.